The number of hydrogen-bond acceptors (Lipinski definition) is 2. The maximum Gasteiger partial charge on any atom is 0.112 e. The summed E-state index contributed by atoms with van der Waals surface area (Å²) in [7, 11) is 0. The number of nitrogens with zero attached hydrogens (tertiary/aromatic N) is 1. The summed E-state index contributed by atoms with van der Waals surface area (Å²) in [6.07, 6.45) is 1.70. The monoisotopic (exact) mass is 297 g/mol. The lowest BCUT2D eigenvalue weighted by atomic mass is 9.66. The number of benzene rings is 2. The third kappa shape index (κ3) is 2.33. The van der Waals surface area contributed by atoms with E-state index in [4.69, 9.17) is 11.6 Å². The number of fused-ring (bicyclic) bond motifs is 1. The van der Waals surface area contributed by atoms with Gasteiger partial charge in [0.2, 0.25) is 0 Å². The number of rotatable bonds is 2. The van der Waals surface area contributed by atoms with Gasteiger partial charge in [0, 0.05) is 5.02 Å². The van der Waals surface area contributed by atoms with Gasteiger partial charge in [-0.05, 0) is 48.1 Å². The molecule has 1 aliphatic rings. The number of aliphatic hydroxyl groups is 1. The third-order valence-electron chi connectivity index (χ3n) is 4.37. The van der Waals surface area contributed by atoms with E-state index >= 15 is 0 Å². The highest BCUT2D eigenvalue weighted by atomic mass is 35.5. The van der Waals surface area contributed by atoms with Crippen molar-refractivity contribution in [1.29, 1.82) is 5.26 Å². The Labute approximate surface area is 129 Å². The van der Waals surface area contributed by atoms with E-state index in [2.05, 4.69) is 12.1 Å². The predicted octanol–water partition coefficient (Wildman–Crippen LogP) is 4.17. The normalized spacial score (nSPS) is 22.1. The van der Waals surface area contributed by atoms with Crippen molar-refractivity contribution in [1.82, 2.24) is 0 Å². The summed E-state index contributed by atoms with van der Waals surface area (Å²) in [6, 6.07) is 17.4. The molecule has 0 heterocycles. The summed E-state index contributed by atoms with van der Waals surface area (Å²) >= 11 is 5.91. The Morgan fingerprint density at radius 3 is 2.57 bits per heavy atom. The smallest absolute Gasteiger partial charge is 0.112 e. The standard InChI is InChI=1S/C18H16ClNO/c19-15-9-7-14(8-10-15)17(21)18(12-20)11-3-5-13-4-1-2-6-16(13)18/h1-2,4,6-10,17,21H,3,5,11H2. The van der Waals surface area contributed by atoms with Gasteiger partial charge in [-0.2, -0.15) is 5.26 Å². The van der Waals surface area contributed by atoms with Gasteiger partial charge in [-0.3, -0.25) is 0 Å². The van der Waals surface area contributed by atoms with Crippen LogP contribution in [0.15, 0.2) is 48.5 Å². The summed E-state index contributed by atoms with van der Waals surface area (Å²) in [4.78, 5) is 0. The molecule has 21 heavy (non-hydrogen) atoms. The van der Waals surface area contributed by atoms with Crippen LogP contribution in [0.1, 0.15) is 35.6 Å². The second-order valence-electron chi connectivity index (χ2n) is 5.55. The minimum Gasteiger partial charge on any atom is -0.386 e. The van der Waals surface area contributed by atoms with E-state index in [1.165, 1.54) is 5.56 Å². The Morgan fingerprint density at radius 1 is 1.14 bits per heavy atom. The van der Waals surface area contributed by atoms with Crippen LogP contribution in [-0.4, -0.2) is 5.11 Å². The van der Waals surface area contributed by atoms with E-state index in [1.54, 1.807) is 24.3 Å². The highest BCUT2D eigenvalue weighted by Gasteiger charge is 2.43. The van der Waals surface area contributed by atoms with E-state index in [0.717, 1.165) is 24.0 Å². The van der Waals surface area contributed by atoms with Crippen molar-refractivity contribution < 1.29 is 5.11 Å². The Balaban J connectivity index is 2.10. The van der Waals surface area contributed by atoms with E-state index in [0.29, 0.717) is 11.4 Å². The van der Waals surface area contributed by atoms with Crippen LogP contribution in [0.2, 0.25) is 5.02 Å². The van der Waals surface area contributed by atoms with Crippen molar-refractivity contribution >= 4 is 11.6 Å². The number of aliphatic hydroxyl groups excluding tert-OH is 1. The molecule has 0 radical (unpaired) electrons. The SMILES string of the molecule is N#CC1(C(O)c2ccc(Cl)cc2)CCCc2ccccc21. The number of aryl methyl sites for hydroxylation is 1. The van der Waals surface area contributed by atoms with Crippen LogP contribution in [0.5, 0.6) is 0 Å². The fourth-order valence-electron chi connectivity index (χ4n) is 3.26. The van der Waals surface area contributed by atoms with Gasteiger partial charge in [-0.15, -0.1) is 0 Å². The van der Waals surface area contributed by atoms with Gasteiger partial charge in [-0.25, -0.2) is 0 Å². The van der Waals surface area contributed by atoms with Gasteiger partial charge in [0.1, 0.15) is 11.5 Å². The van der Waals surface area contributed by atoms with Crippen LogP contribution in [0.3, 0.4) is 0 Å². The molecule has 2 aromatic carbocycles. The van der Waals surface area contributed by atoms with Crippen LogP contribution in [-0.2, 0) is 11.8 Å². The second-order valence-corrected chi connectivity index (χ2v) is 5.98. The Bertz CT molecular complexity index is 689. The van der Waals surface area contributed by atoms with E-state index in [9.17, 15) is 10.4 Å². The summed E-state index contributed by atoms with van der Waals surface area (Å²) in [5.74, 6) is 0. The number of nitriles is 1. The Kier molecular flexibility index (Phi) is 3.71. The molecule has 0 aromatic heterocycles. The molecule has 2 aromatic rings. The molecule has 2 atom stereocenters. The van der Waals surface area contributed by atoms with Crippen LogP contribution in [0, 0.1) is 11.3 Å². The number of halogens is 1. The maximum absolute atomic E-state index is 10.9. The first-order chi connectivity index (χ1) is 10.2. The second kappa shape index (κ2) is 5.52. The van der Waals surface area contributed by atoms with Crippen LogP contribution in [0.4, 0.5) is 0 Å². The minimum absolute atomic E-state index is 0.626. The first-order valence-electron chi connectivity index (χ1n) is 7.10. The van der Waals surface area contributed by atoms with Crippen LogP contribution in [0.25, 0.3) is 0 Å². The zero-order chi connectivity index (χ0) is 14.9. The first kappa shape index (κ1) is 14.1. The summed E-state index contributed by atoms with van der Waals surface area (Å²) in [5, 5.41) is 21.3. The molecule has 1 N–H and O–H groups in total. The molecular weight excluding hydrogens is 282 g/mol. The highest BCUT2D eigenvalue weighted by Crippen LogP contribution is 2.45. The van der Waals surface area contributed by atoms with E-state index in [-0.39, 0.29) is 0 Å². The largest absolute Gasteiger partial charge is 0.386 e. The lowest BCUT2D eigenvalue weighted by Crippen LogP contribution is -2.36. The summed E-state index contributed by atoms with van der Waals surface area (Å²) < 4.78 is 0. The Morgan fingerprint density at radius 2 is 1.86 bits per heavy atom. The molecule has 0 aliphatic heterocycles. The molecule has 0 saturated heterocycles. The Hall–Kier alpha value is -1.82. The third-order valence-corrected chi connectivity index (χ3v) is 4.62. The zero-order valence-corrected chi connectivity index (χ0v) is 12.3. The first-order valence-corrected chi connectivity index (χ1v) is 7.48. The molecule has 0 spiro atoms. The van der Waals surface area contributed by atoms with Gasteiger partial charge in [0.15, 0.2) is 0 Å². The molecule has 2 nitrogen and oxygen atoms in total. The zero-order valence-electron chi connectivity index (χ0n) is 11.6. The van der Waals surface area contributed by atoms with Crippen molar-refractivity contribution in [3.63, 3.8) is 0 Å². The molecular formula is C18H16ClNO. The molecule has 0 fully saturated rings. The molecule has 1 aliphatic carbocycles. The van der Waals surface area contributed by atoms with Gasteiger partial charge >= 0.3 is 0 Å². The molecule has 106 valence electrons. The van der Waals surface area contributed by atoms with E-state index in [1.807, 2.05) is 18.2 Å². The predicted molar refractivity (Wildman–Crippen MR) is 83.1 cm³/mol. The quantitative estimate of drug-likeness (QED) is 0.904. The summed E-state index contributed by atoms with van der Waals surface area (Å²) in [5.41, 5.74) is 1.99. The van der Waals surface area contributed by atoms with Crippen molar-refractivity contribution in [2.45, 2.75) is 30.8 Å². The molecule has 2 unspecified atom stereocenters. The molecule has 3 rings (SSSR count). The van der Waals surface area contributed by atoms with E-state index < -0.39 is 11.5 Å². The van der Waals surface area contributed by atoms with Gasteiger partial charge < -0.3 is 5.11 Å². The van der Waals surface area contributed by atoms with Crippen LogP contribution >= 0.6 is 11.6 Å². The molecule has 0 amide bonds. The average molecular weight is 298 g/mol. The van der Waals surface area contributed by atoms with Crippen molar-refractivity contribution in [3.8, 4) is 6.07 Å². The van der Waals surface area contributed by atoms with Gasteiger partial charge in [0.25, 0.3) is 0 Å². The fourth-order valence-corrected chi connectivity index (χ4v) is 3.38. The topological polar surface area (TPSA) is 44.0 Å². The van der Waals surface area contributed by atoms with Crippen molar-refractivity contribution in [2.75, 3.05) is 0 Å². The van der Waals surface area contributed by atoms with Gasteiger partial charge in [0.05, 0.1) is 6.07 Å². The minimum atomic E-state index is -0.872. The molecule has 3 heteroatoms. The van der Waals surface area contributed by atoms with Crippen molar-refractivity contribution in [2.24, 2.45) is 0 Å². The van der Waals surface area contributed by atoms with Crippen molar-refractivity contribution in [3.05, 3.63) is 70.2 Å². The average Bonchev–Trinajstić information content (AvgIpc) is 2.54. The summed E-state index contributed by atoms with van der Waals surface area (Å²) in [6.45, 7) is 0. The molecule has 0 saturated carbocycles. The van der Waals surface area contributed by atoms with Crippen LogP contribution < -0.4 is 0 Å². The fraction of sp³-hybridized carbons (Fsp3) is 0.278. The number of hydrogen-bond donors (Lipinski definition) is 1. The molecule has 0 bridgehead atoms. The lowest BCUT2D eigenvalue weighted by molar-refractivity contribution is 0.0996. The maximum atomic E-state index is 10.9. The lowest BCUT2D eigenvalue weighted by Gasteiger charge is -2.37. The highest BCUT2D eigenvalue weighted by molar-refractivity contribution is 6.30. The van der Waals surface area contributed by atoms with Gasteiger partial charge in [-0.1, -0.05) is 48.0 Å².